The Kier molecular flexibility index (Phi) is 5.74. The normalized spacial score (nSPS) is 17.0. The molecule has 1 aliphatic heterocycles. The smallest absolute Gasteiger partial charge is 0.296 e. The van der Waals surface area contributed by atoms with Crippen LogP contribution < -0.4 is 0 Å². The molecule has 0 radical (unpaired) electrons. The van der Waals surface area contributed by atoms with E-state index >= 15 is 0 Å². The van der Waals surface area contributed by atoms with Crippen LogP contribution in [0.25, 0.3) is 0 Å². The lowest BCUT2D eigenvalue weighted by molar-refractivity contribution is -0.137. The number of halogens is 5. The van der Waals surface area contributed by atoms with Crippen molar-refractivity contribution in [2.24, 2.45) is 0 Å². The van der Waals surface area contributed by atoms with Gasteiger partial charge in [0.2, 0.25) is 10.0 Å². The van der Waals surface area contributed by atoms with Crippen molar-refractivity contribution in [3.05, 3.63) is 65.2 Å². The summed E-state index contributed by atoms with van der Waals surface area (Å²) in [5.74, 6) is -2.32. The molecular formula is C18H17F5N2O2S. The fourth-order valence-electron chi connectivity index (χ4n) is 3.09. The second-order valence-corrected chi connectivity index (χ2v) is 8.30. The summed E-state index contributed by atoms with van der Waals surface area (Å²) in [5, 5.41) is 0. The summed E-state index contributed by atoms with van der Waals surface area (Å²) in [7, 11) is -4.34. The Bertz CT molecular complexity index is 934. The highest BCUT2D eigenvalue weighted by Crippen LogP contribution is 2.30. The van der Waals surface area contributed by atoms with Gasteiger partial charge < -0.3 is 0 Å². The molecule has 0 atom stereocenters. The van der Waals surface area contributed by atoms with Crippen LogP contribution >= 0.6 is 0 Å². The summed E-state index contributed by atoms with van der Waals surface area (Å²) in [6.45, 7) is 0.632. The predicted molar refractivity (Wildman–Crippen MR) is 91.8 cm³/mol. The Hall–Kier alpha value is -2.04. The maximum absolute atomic E-state index is 13.9. The van der Waals surface area contributed by atoms with E-state index < -0.39 is 38.3 Å². The molecule has 3 rings (SSSR count). The van der Waals surface area contributed by atoms with Gasteiger partial charge in [-0.1, -0.05) is 24.3 Å². The van der Waals surface area contributed by atoms with Gasteiger partial charge in [0.25, 0.3) is 0 Å². The van der Waals surface area contributed by atoms with Crippen LogP contribution in [0.1, 0.15) is 11.1 Å². The average Bonchev–Trinajstić information content (AvgIpc) is 2.61. The van der Waals surface area contributed by atoms with Gasteiger partial charge in [0, 0.05) is 32.7 Å². The van der Waals surface area contributed by atoms with Gasteiger partial charge in [0.15, 0.2) is 4.90 Å². The zero-order valence-electron chi connectivity index (χ0n) is 14.6. The largest absolute Gasteiger partial charge is 0.416 e. The van der Waals surface area contributed by atoms with Gasteiger partial charge in [0.05, 0.1) is 5.56 Å². The fourth-order valence-corrected chi connectivity index (χ4v) is 4.62. The van der Waals surface area contributed by atoms with Gasteiger partial charge in [-0.15, -0.1) is 0 Å². The van der Waals surface area contributed by atoms with Crippen molar-refractivity contribution in [2.75, 3.05) is 26.2 Å². The predicted octanol–water partition coefficient (Wildman–Crippen LogP) is 3.49. The van der Waals surface area contributed by atoms with Crippen molar-refractivity contribution in [1.29, 1.82) is 0 Å². The van der Waals surface area contributed by atoms with E-state index in [9.17, 15) is 30.4 Å². The summed E-state index contributed by atoms with van der Waals surface area (Å²) in [6.07, 6.45) is -4.44. The van der Waals surface area contributed by atoms with Crippen LogP contribution in [0.3, 0.4) is 0 Å². The molecule has 28 heavy (non-hydrogen) atoms. The molecule has 2 aromatic carbocycles. The van der Waals surface area contributed by atoms with E-state index in [1.54, 1.807) is 11.0 Å². The van der Waals surface area contributed by atoms with Crippen LogP contribution in [0.4, 0.5) is 22.0 Å². The maximum atomic E-state index is 13.9. The number of hydrogen-bond donors (Lipinski definition) is 0. The van der Waals surface area contributed by atoms with E-state index in [1.807, 2.05) is 0 Å². The first-order valence-electron chi connectivity index (χ1n) is 8.42. The van der Waals surface area contributed by atoms with Crippen LogP contribution in [-0.2, 0) is 22.7 Å². The van der Waals surface area contributed by atoms with E-state index in [2.05, 4.69) is 0 Å². The molecule has 0 N–H and O–H groups in total. The molecule has 0 unspecified atom stereocenters. The summed E-state index contributed by atoms with van der Waals surface area (Å²) < 4.78 is 92.2. The molecule has 0 amide bonds. The highest BCUT2D eigenvalue weighted by atomic mass is 32.2. The standard InChI is InChI=1S/C18H17F5N2O2S/c19-15-5-2-6-16(20)17(15)28(26,27)25-9-7-24(8-10-25)12-13-3-1-4-14(11-13)18(21,22)23/h1-6,11H,7-10,12H2. The van der Waals surface area contributed by atoms with Crippen molar-refractivity contribution in [2.45, 2.75) is 17.6 Å². The summed E-state index contributed by atoms with van der Waals surface area (Å²) in [5.41, 5.74) is -0.299. The van der Waals surface area contributed by atoms with Gasteiger partial charge in [-0.2, -0.15) is 17.5 Å². The van der Waals surface area contributed by atoms with E-state index in [1.165, 1.54) is 6.07 Å². The van der Waals surface area contributed by atoms with E-state index in [-0.39, 0.29) is 32.7 Å². The third kappa shape index (κ3) is 4.34. The summed E-state index contributed by atoms with van der Waals surface area (Å²) in [4.78, 5) is 0.806. The minimum atomic E-state index is -4.44. The number of piperazine rings is 1. The molecule has 1 fully saturated rings. The van der Waals surface area contributed by atoms with E-state index in [0.29, 0.717) is 5.56 Å². The van der Waals surface area contributed by atoms with Crippen molar-refractivity contribution in [1.82, 2.24) is 9.21 Å². The number of hydrogen-bond acceptors (Lipinski definition) is 3. The van der Waals surface area contributed by atoms with Crippen molar-refractivity contribution < 1.29 is 30.4 Å². The first-order chi connectivity index (χ1) is 13.1. The SMILES string of the molecule is O=S(=O)(c1c(F)cccc1F)N1CCN(Cc2cccc(C(F)(F)F)c2)CC1. The molecule has 1 aliphatic rings. The monoisotopic (exact) mass is 420 g/mol. The van der Waals surface area contributed by atoms with Gasteiger partial charge >= 0.3 is 6.18 Å². The Morgan fingerprint density at radius 1 is 0.893 bits per heavy atom. The zero-order valence-corrected chi connectivity index (χ0v) is 15.4. The van der Waals surface area contributed by atoms with E-state index in [0.717, 1.165) is 34.6 Å². The minimum absolute atomic E-state index is 0.0188. The zero-order chi connectivity index (χ0) is 20.5. The second kappa shape index (κ2) is 7.76. The second-order valence-electron chi connectivity index (χ2n) is 6.43. The number of sulfonamides is 1. The number of rotatable bonds is 4. The number of nitrogens with zero attached hydrogens (tertiary/aromatic N) is 2. The number of benzene rings is 2. The van der Waals surface area contributed by atoms with Gasteiger partial charge in [-0.25, -0.2) is 17.2 Å². The molecule has 2 aromatic rings. The first kappa shape index (κ1) is 20.7. The fraction of sp³-hybridized carbons (Fsp3) is 0.333. The molecular weight excluding hydrogens is 403 g/mol. The van der Waals surface area contributed by atoms with Gasteiger partial charge in [-0.05, 0) is 23.8 Å². The Balaban J connectivity index is 1.68. The number of alkyl halides is 3. The lowest BCUT2D eigenvalue weighted by atomic mass is 10.1. The molecule has 0 aliphatic carbocycles. The quantitative estimate of drug-likeness (QED) is 0.711. The van der Waals surface area contributed by atoms with Crippen molar-refractivity contribution in [3.63, 3.8) is 0 Å². The lowest BCUT2D eigenvalue weighted by Gasteiger charge is -2.34. The van der Waals surface area contributed by atoms with Crippen LogP contribution in [0, 0.1) is 11.6 Å². The van der Waals surface area contributed by atoms with Crippen LogP contribution in [0.2, 0.25) is 0 Å². The molecule has 0 spiro atoms. The van der Waals surface area contributed by atoms with Crippen LogP contribution in [0.5, 0.6) is 0 Å². The third-order valence-corrected chi connectivity index (χ3v) is 6.46. The van der Waals surface area contributed by atoms with Crippen LogP contribution in [0.15, 0.2) is 47.4 Å². The molecule has 152 valence electrons. The minimum Gasteiger partial charge on any atom is -0.296 e. The Morgan fingerprint density at radius 2 is 1.46 bits per heavy atom. The summed E-state index contributed by atoms with van der Waals surface area (Å²) in [6, 6.07) is 7.75. The lowest BCUT2D eigenvalue weighted by Crippen LogP contribution is -2.48. The highest BCUT2D eigenvalue weighted by Gasteiger charge is 2.33. The van der Waals surface area contributed by atoms with Gasteiger partial charge in [-0.3, -0.25) is 4.90 Å². The topological polar surface area (TPSA) is 40.6 Å². The highest BCUT2D eigenvalue weighted by molar-refractivity contribution is 7.89. The Morgan fingerprint density at radius 3 is 2.04 bits per heavy atom. The van der Waals surface area contributed by atoms with Crippen LogP contribution in [-0.4, -0.2) is 43.8 Å². The van der Waals surface area contributed by atoms with Crippen molar-refractivity contribution >= 4 is 10.0 Å². The molecule has 1 heterocycles. The molecule has 0 bridgehead atoms. The molecule has 4 nitrogen and oxygen atoms in total. The first-order valence-corrected chi connectivity index (χ1v) is 9.86. The van der Waals surface area contributed by atoms with E-state index in [4.69, 9.17) is 0 Å². The molecule has 0 saturated carbocycles. The van der Waals surface area contributed by atoms with Crippen molar-refractivity contribution in [3.8, 4) is 0 Å². The molecule has 10 heteroatoms. The Labute approximate surface area is 159 Å². The third-order valence-electron chi connectivity index (χ3n) is 4.51. The maximum Gasteiger partial charge on any atom is 0.416 e. The summed E-state index contributed by atoms with van der Waals surface area (Å²) >= 11 is 0. The average molecular weight is 420 g/mol. The van der Waals surface area contributed by atoms with Gasteiger partial charge in [0.1, 0.15) is 11.6 Å². The molecule has 0 aromatic heterocycles. The molecule has 1 saturated heterocycles.